The molecule has 0 aliphatic carbocycles. The molecule has 0 saturated heterocycles. The standard InChI is InChI=1S/C14H26N2O/c1-2-3-4-5-6-7-9-13(16-15)12-14-10-8-11-17-14/h8,10-11,13,16H,2-7,9,12,15H2,1H3. The predicted octanol–water partition coefficient (Wildman–Crippen LogP) is 3.40. The summed E-state index contributed by atoms with van der Waals surface area (Å²) in [7, 11) is 0. The van der Waals surface area contributed by atoms with Gasteiger partial charge in [-0.05, 0) is 18.6 Å². The third kappa shape index (κ3) is 6.49. The molecule has 1 aromatic heterocycles. The van der Waals surface area contributed by atoms with Gasteiger partial charge in [0.05, 0.1) is 6.26 Å². The molecule has 0 spiro atoms. The maximum Gasteiger partial charge on any atom is 0.105 e. The topological polar surface area (TPSA) is 51.2 Å². The molecular formula is C14H26N2O. The van der Waals surface area contributed by atoms with Gasteiger partial charge in [0.2, 0.25) is 0 Å². The molecule has 0 amide bonds. The van der Waals surface area contributed by atoms with Gasteiger partial charge in [-0.25, -0.2) is 0 Å². The summed E-state index contributed by atoms with van der Waals surface area (Å²) in [6.07, 6.45) is 11.7. The zero-order valence-corrected chi connectivity index (χ0v) is 11.0. The van der Waals surface area contributed by atoms with Crippen molar-refractivity contribution in [3.05, 3.63) is 24.2 Å². The summed E-state index contributed by atoms with van der Waals surface area (Å²) in [6, 6.07) is 4.27. The van der Waals surface area contributed by atoms with Gasteiger partial charge in [-0.2, -0.15) is 0 Å². The quantitative estimate of drug-likeness (QED) is 0.373. The molecule has 0 aromatic carbocycles. The van der Waals surface area contributed by atoms with Crippen LogP contribution in [0.1, 0.15) is 57.6 Å². The summed E-state index contributed by atoms with van der Waals surface area (Å²) in [6.45, 7) is 2.25. The lowest BCUT2D eigenvalue weighted by molar-refractivity contribution is 0.415. The first-order chi connectivity index (χ1) is 8.36. The van der Waals surface area contributed by atoms with Gasteiger partial charge >= 0.3 is 0 Å². The number of rotatable bonds is 10. The second-order valence-corrected chi connectivity index (χ2v) is 4.70. The second kappa shape index (κ2) is 9.25. The molecule has 0 aliphatic rings. The molecule has 1 rings (SSSR count). The lowest BCUT2D eigenvalue weighted by Gasteiger charge is -2.14. The van der Waals surface area contributed by atoms with Crippen molar-refractivity contribution in [2.24, 2.45) is 5.84 Å². The van der Waals surface area contributed by atoms with E-state index in [1.54, 1.807) is 6.26 Å². The Morgan fingerprint density at radius 1 is 1.24 bits per heavy atom. The summed E-state index contributed by atoms with van der Waals surface area (Å²) in [4.78, 5) is 0. The van der Waals surface area contributed by atoms with Gasteiger partial charge in [0.15, 0.2) is 0 Å². The Morgan fingerprint density at radius 3 is 2.65 bits per heavy atom. The Hall–Kier alpha value is -0.800. The van der Waals surface area contributed by atoms with Crippen LogP contribution in [-0.2, 0) is 6.42 Å². The van der Waals surface area contributed by atoms with E-state index < -0.39 is 0 Å². The van der Waals surface area contributed by atoms with Crippen LogP contribution in [0, 0.1) is 0 Å². The van der Waals surface area contributed by atoms with E-state index in [4.69, 9.17) is 10.3 Å². The number of hydrazine groups is 1. The summed E-state index contributed by atoms with van der Waals surface area (Å²) in [5.41, 5.74) is 2.88. The van der Waals surface area contributed by atoms with Gasteiger partial charge in [-0.3, -0.25) is 11.3 Å². The fourth-order valence-electron chi connectivity index (χ4n) is 2.09. The zero-order valence-electron chi connectivity index (χ0n) is 11.0. The normalized spacial score (nSPS) is 12.8. The monoisotopic (exact) mass is 238 g/mol. The molecule has 3 N–H and O–H groups in total. The molecular weight excluding hydrogens is 212 g/mol. The van der Waals surface area contributed by atoms with Crippen molar-refractivity contribution < 1.29 is 4.42 Å². The van der Waals surface area contributed by atoms with Crippen LogP contribution >= 0.6 is 0 Å². The van der Waals surface area contributed by atoms with Gasteiger partial charge in [0.1, 0.15) is 5.76 Å². The molecule has 0 bridgehead atoms. The highest BCUT2D eigenvalue weighted by atomic mass is 16.3. The SMILES string of the molecule is CCCCCCCCC(Cc1ccco1)NN. The Labute approximate surface area is 105 Å². The number of furan rings is 1. The first-order valence-corrected chi connectivity index (χ1v) is 6.85. The average Bonchev–Trinajstić information content (AvgIpc) is 2.85. The molecule has 0 aliphatic heterocycles. The minimum atomic E-state index is 0.340. The average molecular weight is 238 g/mol. The van der Waals surface area contributed by atoms with Crippen LogP contribution in [0.4, 0.5) is 0 Å². The fraction of sp³-hybridized carbons (Fsp3) is 0.714. The molecule has 0 radical (unpaired) electrons. The van der Waals surface area contributed by atoms with E-state index in [0.29, 0.717) is 6.04 Å². The van der Waals surface area contributed by atoms with E-state index in [2.05, 4.69) is 12.3 Å². The molecule has 1 heterocycles. The van der Waals surface area contributed by atoms with Crippen molar-refractivity contribution in [3.8, 4) is 0 Å². The van der Waals surface area contributed by atoms with E-state index in [-0.39, 0.29) is 0 Å². The zero-order chi connectivity index (χ0) is 12.3. The van der Waals surface area contributed by atoms with Crippen LogP contribution in [0.15, 0.2) is 22.8 Å². The number of nitrogens with one attached hydrogen (secondary N) is 1. The largest absolute Gasteiger partial charge is 0.469 e. The summed E-state index contributed by atoms with van der Waals surface area (Å²) in [5.74, 6) is 6.57. The maximum absolute atomic E-state index is 5.56. The molecule has 1 unspecified atom stereocenters. The lowest BCUT2D eigenvalue weighted by atomic mass is 10.0. The van der Waals surface area contributed by atoms with Crippen molar-refractivity contribution in [1.82, 2.24) is 5.43 Å². The summed E-state index contributed by atoms with van der Waals surface area (Å²) >= 11 is 0. The smallest absolute Gasteiger partial charge is 0.105 e. The van der Waals surface area contributed by atoms with Crippen molar-refractivity contribution in [2.45, 2.75) is 64.3 Å². The van der Waals surface area contributed by atoms with Crippen LogP contribution in [0.3, 0.4) is 0 Å². The minimum Gasteiger partial charge on any atom is -0.469 e. The Morgan fingerprint density at radius 2 is 2.00 bits per heavy atom. The van der Waals surface area contributed by atoms with Crippen LogP contribution in [0.25, 0.3) is 0 Å². The van der Waals surface area contributed by atoms with Crippen LogP contribution in [0.5, 0.6) is 0 Å². The van der Waals surface area contributed by atoms with E-state index in [1.165, 1.54) is 38.5 Å². The second-order valence-electron chi connectivity index (χ2n) is 4.70. The molecule has 98 valence electrons. The number of hydrogen-bond donors (Lipinski definition) is 2. The molecule has 3 heteroatoms. The molecule has 0 saturated carbocycles. The Balaban J connectivity index is 2.06. The minimum absolute atomic E-state index is 0.340. The highest BCUT2D eigenvalue weighted by Gasteiger charge is 2.08. The Bertz CT molecular complexity index is 259. The number of unbranched alkanes of at least 4 members (excludes halogenated alkanes) is 5. The van der Waals surface area contributed by atoms with E-state index >= 15 is 0 Å². The third-order valence-corrected chi connectivity index (χ3v) is 3.17. The third-order valence-electron chi connectivity index (χ3n) is 3.17. The van der Waals surface area contributed by atoms with Crippen LogP contribution in [0.2, 0.25) is 0 Å². The lowest BCUT2D eigenvalue weighted by Crippen LogP contribution is -2.36. The molecule has 17 heavy (non-hydrogen) atoms. The van der Waals surface area contributed by atoms with Crippen molar-refractivity contribution in [1.29, 1.82) is 0 Å². The van der Waals surface area contributed by atoms with Gasteiger partial charge in [0.25, 0.3) is 0 Å². The first-order valence-electron chi connectivity index (χ1n) is 6.85. The van der Waals surface area contributed by atoms with Gasteiger partial charge in [0, 0.05) is 12.5 Å². The van der Waals surface area contributed by atoms with E-state index in [9.17, 15) is 0 Å². The van der Waals surface area contributed by atoms with Gasteiger partial charge < -0.3 is 4.42 Å². The fourth-order valence-corrected chi connectivity index (χ4v) is 2.09. The van der Waals surface area contributed by atoms with Gasteiger partial charge in [-0.1, -0.05) is 45.4 Å². The van der Waals surface area contributed by atoms with E-state index in [1.807, 2.05) is 12.1 Å². The maximum atomic E-state index is 5.56. The molecule has 0 fully saturated rings. The summed E-state index contributed by atoms with van der Waals surface area (Å²) < 4.78 is 5.33. The number of nitrogens with two attached hydrogens (primary N) is 1. The van der Waals surface area contributed by atoms with E-state index in [0.717, 1.165) is 18.6 Å². The number of hydrogen-bond acceptors (Lipinski definition) is 3. The van der Waals surface area contributed by atoms with Crippen molar-refractivity contribution in [2.75, 3.05) is 0 Å². The Kier molecular flexibility index (Phi) is 7.76. The van der Waals surface area contributed by atoms with Crippen LogP contribution < -0.4 is 11.3 Å². The van der Waals surface area contributed by atoms with Crippen LogP contribution in [-0.4, -0.2) is 6.04 Å². The first kappa shape index (κ1) is 14.3. The summed E-state index contributed by atoms with van der Waals surface area (Å²) in [5, 5.41) is 0. The molecule has 1 aromatic rings. The molecule has 3 nitrogen and oxygen atoms in total. The predicted molar refractivity (Wildman–Crippen MR) is 71.5 cm³/mol. The van der Waals surface area contributed by atoms with Gasteiger partial charge in [-0.15, -0.1) is 0 Å². The highest BCUT2D eigenvalue weighted by molar-refractivity contribution is 5.00. The van der Waals surface area contributed by atoms with Crippen molar-refractivity contribution in [3.63, 3.8) is 0 Å². The molecule has 1 atom stereocenters. The highest BCUT2D eigenvalue weighted by Crippen LogP contribution is 2.11. The van der Waals surface area contributed by atoms with Crippen molar-refractivity contribution >= 4 is 0 Å².